The van der Waals surface area contributed by atoms with Crippen molar-refractivity contribution in [3.05, 3.63) is 35.4 Å². The average molecular weight is 200 g/mol. The van der Waals surface area contributed by atoms with Crippen molar-refractivity contribution in [1.29, 1.82) is 0 Å². The number of Topliss-reactive ketones (excluding diaryl/α,β-unsaturated/α-hetero) is 1. The zero-order valence-corrected chi connectivity index (χ0v) is 7.89. The van der Waals surface area contributed by atoms with E-state index in [1.165, 1.54) is 6.92 Å². The Bertz CT molecular complexity index is 294. The van der Waals surface area contributed by atoms with Crippen LogP contribution in [-0.2, 0) is 17.4 Å². The summed E-state index contributed by atoms with van der Waals surface area (Å²) in [6.07, 6.45) is 0.691. The van der Waals surface area contributed by atoms with E-state index in [4.69, 9.17) is 0 Å². The van der Waals surface area contributed by atoms with Gasteiger partial charge in [0.15, 0.2) is 12.1 Å². The molecule has 0 unspecified atom stereocenters. The summed E-state index contributed by atoms with van der Waals surface area (Å²) in [7, 11) is 0. The van der Waals surface area contributed by atoms with Crippen LogP contribution in [0.15, 0.2) is 24.3 Å². The molecule has 0 heterocycles. The number of ketones is 1. The first-order valence-electron chi connectivity index (χ1n) is 3.31. The fraction of sp³-hybridized carbons (Fsp3) is 0.111. The molecule has 1 rings (SSSR count). The zero-order valence-electron chi connectivity index (χ0n) is 6.61. The van der Waals surface area contributed by atoms with Crippen LogP contribution in [0, 0.1) is 0 Å². The van der Waals surface area contributed by atoms with Gasteiger partial charge in [0.05, 0.1) is 0 Å². The van der Waals surface area contributed by atoms with Crippen molar-refractivity contribution in [2.45, 2.75) is 6.92 Å². The van der Waals surface area contributed by atoms with Crippen molar-refractivity contribution in [3.8, 4) is 0 Å². The Morgan fingerprint density at radius 1 is 1.33 bits per heavy atom. The third-order valence-corrected chi connectivity index (χ3v) is 1.47. The Hall–Kier alpha value is -0.908. The Balaban J connectivity index is 0.00000121. The molecule has 0 saturated heterocycles. The van der Waals surface area contributed by atoms with Gasteiger partial charge in [0.1, 0.15) is 0 Å². The van der Waals surface area contributed by atoms with E-state index < -0.39 is 0 Å². The number of hydrogen-bond acceptors (Lipinski definition) is 2. The van der Waals surface area contributed by atoms with Gasteiger partial charge in [-0.25, -0.2) is 0 Å². The van der Waals surface area contributed by atoms with Crippen LogP contribution in [0.1, 0.15) is 27.6 Å². The molecule has 0 atom stereocenters. The van der Waals surface area contributed by atoms with Gasteiger partial charge >= 0.3 is 0 Å². The van der Waals surface area contributed by atoms with E-state index in [2.05, 4.69) is 0 Å². The number of carbonyl (C=O) groups excluding carboxylic acids is 2. The molecule has 0 fully saturated rings. The van der Waals surface area contributed by atoms with E-state index in [0.717, 1.165) is 0 Å². The summed E-state index contributed by atoms with van der Waals surface area (Å²) < 4.78 is 0. The molecule has 0 spiro atoms. The van der Waals surface area contributed by atoms with Crippen molar-refractivity contribution >= 4 is 12.1 Å². The third-order valence-electron chi connectivity index (χ3n) is 1.47. The minimum absolute atomic E-state index is 0. The van der Waals surface area contributed by atoms with Crippen molar-refractivity contribution < 1.29 is 27.0 Å². The Morgan fingerprint density at radius 2 is 1.92 bits per heavy atom. The van der Waals surface area contributed by atoms with Crippen LogP contribution in [-0.4, -0.2) is 12.1 Å². The monoisotopic (exact) mass is 200 g/mol. The molecular formula is C9H8CrO2. The van der Waals surface area contributed by atoms with Crippen molar-refractivity contribution in [1.82, 2.24) is 0 Å². The van der Waals surface area contributed by atoms with Gasteiger partial charge in [0, 0.05) is 28.5 Å². The maximum absolute atomic E-state index is 10.9. The number of rotatable bonds is 2. The minimum Gasteiger partial charge on any atom is -0.298 e. The second kappa shape index (κ2) is 4.87. The molecular weight excluding hydrogens is 192 g/mol. The van der Waals surface area contributed by atoms with Gasteiger partial charge in [-0.1, -0.05) is 24.3 Å². The van der Waals surface area contributed by atoms with E-state index in [-0.39, 0.29) is 23.1 Å². The first kappa shape index (κ1) is 11.1. The predicted molar refractivity (Wildman–Crippen MR) is 41.8 cm³/mol. The summed E-state index contributed by atoms with van der Waals surface area (Å²) in [6.45, 7) is 1.45. The Labute approximate surface area is 81.7 Å². The summed E-state index contributed by atoms with van der Waals surface area (Å²) in [4.78, 5) is 21.2. The second-order valence-corrected chi connectivity index (χ2v) is 2.26. The van der Waals surface area contributed by atoms with Gasteiger partial charge in [0.25, 0.3) is 0 Å². The van der Waals surface area contributed by atoms with Crippen LogP contribution < -0.4 is 0 Å². The number of hydrogen-bond donors (Lipinski definition) is 0. The van der Waals surface area contributed by atoms with E-state index in [1.54, 1.807) is 24.3 Å². The predicted octanol–water partition coefficient (Wildman–Crippen LogP) is 1.70. The molecule has 0 aliphatic heterocycles. The molecule has 3 heteroatoms. The standard InChI is InChI=1S/C9H8O2.Cr/c1-7(11)9-5-3-2-4-8(9)6-10;/h2-6H,1H3;. The van der Waals surface area contributed by atoms with E-state index in [9.17, 15) is 9.59 Å². The molecule has 0 aliphatic rings. The Kier molecular flexibility index (Phi) is 4.50. The number of benzene rings is 1. The molecule has 0 saturated carbocycles. The molecule has 0 bridgehead atoms. The topological polar surface area (TPSA) is 34.1 Å². The maximum Gasteiger partial charge on any atom is 0.160 e. The van der Waals surface area contributed by atoms with Crippen LogP contribution in [0.5, 0.6) is 0 Å². The van der Waals surface area contributed by atoms with E-state index in [0.29, 0.717) is 17.4 Å². The zero-order chi connectivity index (χ0) is 8.27. The summed E-state index contributed by atoms with van der Waals surface area (Å²) >= 11 is 0. The van der Waals surface area contributed by atoms with Crippen LogP contribution in [0.4, 0.5) is 0 Å². The molecule has 0 aliphatic carbocycles. The molecule has 1 aromatic rings. The van der Waals surface area contributed by atoms with E-state index >= 15 is 0 Å². The molecule has 0 N–H and O–H groups in total. The van der Waals surface area contributed by atoms with Crippen molar-refractivity contribution in [2.75, 3.05) is 0 Å². The SMILES string of the molecule is CC(=O)c1ccccc1C=O.[Cr]. The van der Waals surface area contributed by atoms with E-state index in [1.807, 2.05) is 0 Å². The van der Waals surface area contributed by atoms with Gasteiger partial charge in [-0.2, -0.15) is 0 Å². The third kappa shape index (κ3) is 2.30. The van der Waals surface area contributed by atoms with Crippen molar-refractivity contribution in [3.63, 3.8) is 0 Å². The first-order chi connectivity index (χ1) is 5.25. The molecule has 62 valence electrons. The van der Waals surface area contributed by atoms with Gasteiger partial charge in [-0.3, -0.25) is 9.59 Å². The molecule has 2 nitrogen and oxygen atoms in total. The van der Waals surface area contributed by atoms with Crippen molar-refractivity contribution in [2.24, 2.45) is 0 Å². The van der Waals surface area contributed by atoms with Gasteiger partial charge in [-0.15, -0.1) is 0 Å². The molecule has 12 heavy (non-hydrogen) atoms. The molecule has 0 amide bonds. The molecule has 1 aromatic carbocycles. The average Bonchev–Trinajstić information content (AvgIpc) is 2.04. The quantitative estimate of drug-likeness (QED) is 0.537. The Morgan fingerprint density at radius 3 is 2.33 bits per heavy atom. The second-order valence-electron chi connectivity index (χ2n) is 2.26. The van der Waals surface area contributed by atoms with Crippen LogP contribution in [0.2, 0.25) is 0 Å². The van der Waals surface area contributed by atoms with Crippen LogP contribution >= 0.6 is 0 Å². The summed E-state index contributed by atoms with van der Waals surface area (Å²) in [5, 5.41) is 0. The fourth-order valence-corrected chi connectivity index (χ4v) is 0.920. The summed E-state index contributed by atoms with van der Waals surface area (Å²) in [5.41, 5.74) is 0.947. The molecule has 0 aromatic heterocycles. The maximum atomic E-state index is 10.9. The number of aldehydes is 1. The summed E-state index contributed by atoms with van der Waals surface area (Å²) in [5.74, 6) is -0.0762. The summed E-state index contributed by atoms with van der Waals surface area (Å²) in [6, 6.07) is 6.75. The van der Waals surface area contributed by atoms with Gasteiger partial charge < -0.3 is 0 Å². The number of carbonyl (C=O) groups is 2. The minimum atomic E-state index is -0.0762. The van der Waals surface area contributed by atoms with Gasteiger partial charge in [-0.05, 0) is 6.92 Å². The molecule has 0 radical (unpaired) electrons. The largest absolute Gasteiger partial charge is 0.298 e. The normalized spacial score (nSPS) is 8.42. The fourth-order valence-electron chi connectivity index (χ4n) is 0.920. The van der Waals surface area contributed by atoms with Gasteiger partial charge in [0.2, 0.25) is 0 Å². The smallest absolute Gasteiger partial charge is 0.160 e. The first-order valence-corrected chi connectivity index (χ1v) is 3.31. The van der Waals surface area contributed by atoms with Crippen LogP contribution in [0.3, 0.4) is 0 Å². The van der Waals surface area contributed by atoms with Crippen LogP contribution in [0.25, 0.3) is 0 Å².